The summed E-state index contributed by atoms with van der Waals surface area (Å²) >= 11 is 12.0. The van der Waals surface area contributed by atoms with Gasteiger partial charge in [-0.05, 0) is 61.7 Å². The Hall–Kier alpha value is -2.08. The van der Waals surface area contributed by atoms with E-state index in [1.54, 1.807) is 18.2 Å². The summed E-state index contributed by atoms with van der Waals surface area (Å²) in [5.41, 5.74) is 2.50. The van der Waals surface area contributed by atoms with E-state index in [1.165, 1.54) is 0 Å². The molecule has 5 nitrogen and oxygen atoms in total. The Morgan fingerprint density at radius 3 is 2.73 bits per heavy atom. The number of carbonyl (C=O) groups is 1. The average Bonchev–Trinajstić information content (AvgIpc) is 3.31. The summed E-state index contributed by atoms with van der Waals surface area (Å²) in [4.78, 5) is 19.3. The van der Waals surface area contributed by atoms with Crippen LogP contribution in [0.5, 0.6) is 0 Å². The summed E-state index contributed by atoms with van der Waals surface area (Å²) in [6.45, 7) is 3.89. The molecule has 1 aromatic heterocycles. The summed E-state index contributed by atoms with van der Waals surface area (Å²) < 4.78 is 5.60. The SMILES string of the molecule is O=C(c1ccc(Cl)c(Cl)c1)N1CCC(CNCc2cccc(C3=CCCO3)n2)CC1. The molecular weight excluding hydrogens is 421 g/mol. The minimum Gasteiger partial charge on any atom is -0.491 e. The van der Waals surface area contributed by atoms with Crippen LogP contribution in [0.3, 0.4) is 0 Å². The molecule has 1 aromatic carbocycles. The molecule has 7 heteroatoms. The van der Waals surface area contributed by atoms with Gasteiger partial charge in [-0.1, -0.05) is 29.3 Å². The fourth-order valence-corrected chi connectivity index (χ4v) is 4.17. The first-order chi connectivity index (χ1) is 14.6. The van der Waals surface area contributed by atoms with Gasteiger partial charge in [-0.15, -0.1) is 0 Å². The Morgan fingerprint density at radius 1 is 1.17 bits per heavy atom. The smallest absolute Gasteiger partial charge is 0.253 e. The monoisotopic (exact) mass is 445 g/mol. The predicted molar refractivity (Wildman–Crippen MR) is 120 cm³/mol. The van der Waals surface area contributed by atoms with Gasteiger partial charge >= 0.3 is 0 Å². The fraction of sp³-hybridized carbons (Fsp3) is 0.391. The number of carbonyl (C=O) groups excluding carboxylic acids is 1. The number of rotatable bonds is 6. The lowest BCUT2D eigenvalue weighted by atomic mass is 9.96. The molecule has 3 heterocycles. The van der Waals surface area contributed by atoms with Gasteiger partial charge in [0.25, 0.3) is 5.91 Å². The van der Waals surface area contributed by atoms with Crippen molar-refractivity contribution < 1.29 is 9.53 Å². The van der Waals surface area contributed by atoms with Crippen LogP contribution in [0.2, 0.25) is 10.0 Å². The standard InChI is InChI=1S/C23H25Cl2N3O2/c24-19-7-6-17(13-20(19)25)23(29)28-10-8-16(9-11-28)14-26-15-18-3-1-4-21(27-18)22-5-2-12-30-22/h1,3-7,13,16,26H,2,8-12,14-15H2. The second-order valence-corrected chi connectivity index (χ2v) is 8.53. The molecule has 1 saturated heterocycles. The number of likely N-dealkylation sites (tertiary alicyclic amines) is 1. The van der Waals surface area contributed by atoms with Crippen LogP contribution in [0.15, 0.2) is 42.5 Å². The van der Waals surface area contributed by atoms with Crippen molar-refractivity contribution >= 4 is 34.9 Å². The van der Waals surface area contributed by atoms with Crippen LogP contribution >= 0.6 is 23.2 Å². The lowest BCUT2D eigenvalue weighted by Gasteiger charge is -2.32. The van der Waals surface area contributed by atoms with E-state index in [2.05, 4.69) is 11.4 Å². The maximum Gasteiger partial charge on any atom is 0.253 e. The third-order valence-electron chi connectivity index (χ3n) is 5.57. The molecular formula is C23H25Cl2N3O2. The van der Waals surface area contributed by atoms with Crippen LogP contribution in [0.1, 0.15) is 41.0 Å². The van der Waals surface area contributed by atoms with Gasteiger partial charge in [-0.3, -0.25) is 4.79 Å². The van der Waals surface area contributed by atoms with Gasteiger partial charge in [0, 0.05) is 31.6 Å². The topological polar surface area (TPSA) is 54.5 Å². The van der Waals surface area contributed by atoms with E-state index < -0.39 is 0 Å². The van der Waals surface area contributed by atoms with Crippen molar-refractivity contribution in [3.63, 3.8) is 0 Å². The number of aromatic nitrogens is 1. The Morgan fingerprint density at radius 2 is 2.00 bits per heavy atom. The molecule has 2 aromatic rings. The molecule has 1 amide bonds. The molecule has 0 unspecified atom stereocenters. The van der Waals surface area contributed by atoms with Crippen LogP contribution in [-0.4, -0.2) is 42.0 Å². The molecule has 0 radical (unpaired) electrons. The number of halogens is 2. The van der Waals surface area contributed by atoms with E-state index in [0.717, 1.165) is 69.2 Å². The zero-order valence-corrected chi connectivity index (χ0v) is 18.3. The van der Waals surface area contributed by atoms with Crippen LogP contribution in [0.4, 0.5) is 0 Å². The highest BCUT2D eigenvalue weighted by atomic mass is 35.5. The first-order valence-corrected chi connectivity index (χ1v) is 11.1. The predicted octanol–water partition coefficient (Wildman–Crippen LogP) is 4.79. The molecule has 0 aliphatic carbocycles. The fourth-order valence-electron chi connectivity index (χ4n) is 3.87. The van der Waals surface area contributed by atoms with Crippen LogP contribution < -0.4 is 5.32 Å². The van der Waals surface area contributed by atoms with Crippen molar-refractivity contribution in [1.82, 2.24) is 15.2 Å². The Labute approximate surface area is 187 Å². The summed E-state index contributed by atoms with van der Waals surface area (Å²) in [5.74, 6) is 1.45. The maximum atomic E-state index is 12.7. The molecule has 0 atom stereocenters. The highest BCUT2D eigenvalue weighted by molar-refractivity contribution is 6.42. The number of nitrogens with one attached hydrogen (secondary N) is 1. The van der Waals surface area contributed by atoms with Crippen molar-refractivity contribution in [3.05, 3.63) is 69.5 Å². The zero-order chi connectivity index (χ0) is 20.9. The molecule has 0 spiro atoms. The highest BCUT2D eigenvalue weighted by Crippen LogP contribution is 2.25. The molecule has 0 bridgehead atoms. The van der Waals surface area contributed by atoms with E-state index >= 15 is 0 Å². The third-order valence-corrected chi connectivity index (χ3v) is 6.31. The lowest BCUT2D eigenvalue weighted by Crippen LogP contribution is -2.40. The summed E-state index contributed by atoms with van der Waals surface area (Å²) in [6.07, 6.45) is 5.00. The molecule has 1 N–H and O–H groups in total. The largest absolute Gasteiger partial charge is 0.491 e. The molecule has 158 valence electrons. The van der Waals surface area contributed by atoms with E-state index in [9.17, 15) is 4.79 Å². The van der Waals surface area contributed by atoms with Gasteiger partial charge in [-0.25, -0.2) is 4.98 Å². The van der Waals surface area contributed by atoms with E-state index in [4.69, 9.17) is 32.9 Å². The molecule has 0 saturated carbocycles. The van der Waals surface area contributed by atoms with Crippen molar-refractivity contribution in [2.45, 2.75) is 25.8 Å². The van der Waals surface area contributed by atoms with Gasteiger partial charge in [0.15, 0.2) is 0 Å². The lowest BCUT2D eigenvalue weighted by molar-refractivity contribution is 0.0690. The zero-order valence-electron chi connectivity index (χ0n) is 16.7. The number of hydrogen-bond acceptors (Lipinski definition) is 4. The van der Waals surface area contributed by atoms with Gasteiger partial charge in [0.05, 0.1) is 22.3 Å². The van der Waals surface area contributed by atoms with Crippen molar-refractivity contribution in [3.8, 4) is 0 Å². The number of piperidine rings is 1. The minimum atomic E-state index is 0.0180. The van der Waals surface area contributed by atoms with E-state index in [-0.39, 0.29) is 5.91 Å². The Balaban J connectivity index is 1.23. The Kier molecular flexibility index (Phi) is 6.93. The normalized spacial score (nSPS) is 17.0. The van der Waals surface area contributed by atoms with Gasteiger partial charge in [0.1, 0.15) is 11.5 Å². The first kappa shape index (κ1) is 21.2. The first-order valence-electron chi connectivity index (χ1n) is 10.3. The van der Waals surface area contributed by atoms with Gasteiger partial charge < -0.3 is 15.0 Å². The summed E-state index contributed by atoms with van der Waals surface area (Å²) in [6, 6.07) is 11.1. The van der Waals surface area contributed by atoms with Crippen molar-refractivity contribution in [1.29, 1.82) is 0 Å². The molecule has 2 aliphatic heterocycles. The number of nitrogens with zero attached hydrogens (tertiary/aromatic N) is 2. The van der Waals surface area contributed by atoms with Gasteiger partial charge in [0.2, 0.25) is 0 Å². The van der Waals surface area contributed by atoms with Crippen molar-refractivity contribution in [2.24, 2.45) is 5.92 Å². The number of pyridine rings is 1. The number of hydrogen-bond donors (Lipinski definition) is 1. The van der Waals surface area contributed by atoms with Crippen LogP contribution in [-0.2, 0) is 11.3 Å². The van der Waals surface area contributed by atoms with E-state index in [1.807, 2.05) is 23.1 Å². The molecule has 4 rings (SSSR count). The number of benzene rings is 1. The second kappa shape index (κ2) is 9.82. The number of ether oxygens (including phenoxy) is 1. The minimum absolute atomic E-state index is 0.0180. The number of amides is 1. The molecule has 2 aliphatic rings. The van der Waals surface area contributed by atoms with Crippen molar-refractivity contribution in [2.75, 3.05) is 26.2 Å². The van der Waals surface area contributed by atoms with Gasteiger partial charge in [-0.2, -0.15) is 0 Å². The highest BCUT2D eigenvalue weighted by Gasteiger charge is 2.24. The maximum absolute atomic E-state index is 12.7. The van der Waals surface area contributed by atoms with E-state index in [0.29, 0.717) is 21.5 Å². The molecule has 1 fully saturated rings. The summed E-state index contributed by atoms with van der Waals surface area (Å²) in [5, 5.41) is 4.40. The average molecular weight is 446 g/mol. The van der Waals surface area contributed by atoms with Crippen LogP contribution in [0.25, 0.3) is 5.76 Å². The summed E-state index contributed by atoms with van der Waals surface area (Å²) in [7, 11) is 0. The molecule has 30 heavy (non-hydrogen) atoms. The third kappa shape index (κ3) is 5.15. The quantitative estimate of drug-likeness (QED) is 0.693. The van der Waals surface area contributed by atoms with Crippen LogP contribution in [0, 0.1) is 5.92 Å². The second-order valence-electron chi connectivity index (χ2n) is 7.72. The Bertz CT molecular complexity index is 940.